The summed E-state index contributed by atoms with van der Waals surface area (Å²) in [6, 6.07) is 15.9. The van der Waals surface area contributed by atoms with Crippen molar-refractivity contribution in [3.8, 4) is 5.75 Å². The lowest BCUT2D eigenvalue weighted by molar-refractivity contribution is -0.161. The van der Waals surface area contributed by atoms with Crippen LogP contribution in [0.4, 0.5) is 5.69 Å². The van der Waals surface area contributed by atoms with E-state index < -0.39 is 12.1 Å². The number of morpholine rings is 1. The average molecular weight is 412 g/mol. The second-order valence-electron chi connectivity index (χ2n) is 7.69. The zero-order valence-electron chi connectivity index (χ0n) is 17.3. The van der Waals surface area contributed by atoms with Crippen molar-refractivity contribution in [2.45, 2.75) is 26.0 Å². The van der Waals surface area contributed by atoms with Crippen molar-refractivity contribution in [1.82, 2.24) is 4.90 Å². The van der Waals surface area contributed by atoms with Gasteiger partial charge in [-0.05, 0) is 35.7 Å². The number of carbonyl (C=O) groups excluding carboxylic acids is 2. The Morgan fingerprint density at radius 3 is 2.53 bits per heavy atom. The Bertz CT molecular complexity index is 838. The van der Waals surface area contributed by atoms with E-state index in [2.05, 4.69) is 5.32 Å². The van der Waals surface area contributed by atoms with Gasteiger partial charge in [-0.25, -0.2) is 0 Å². The lowest BCUT2D eigenvalue weighted by atomic mass is 9.98. The van der Waals surface area contributed by atoms with Crippen LogP contribution >= 0.6 is 0 Å². The minimum absolute atomic E-state index is 0.0107. The summed E-state index contributed by atoms with van der Waals surface area (Å²) >= 11 is 0. The average Bonchev–Trinajstić information content (AvgIpc) is 2.75. The summed E-state index contributed by atoms with van der Waals surface area (Å²) in [7, 11) is 0. The van der Waals surface area contributed by atoms with Gasteiger partial charge in [0.1, 0.15) is 18.5 Å². The van der Waals surface area contributed by atoms with E-state index in [0.717, 1.165) is 5.56 Å². The second kappa shape index (κ2) is 10.2. The molecule has 2 N–H and O–H groups in total. The Morgan fingerprint density at radius 1 is 1.20 bits per heavy atom. The number of carbonyl (C=O) groups is 2. The Balaban J connectivity index is 1.61. The molecule has 2 atom stereocenters. The number of rotatable bonds is 8. The number of nitrogens with one attached hydrogen (secondary N) is 1. The van der Waals surface area contributed by atoms with Crippen molar-refractivity contribution in [1.29, 1.82) is 0 Å². The van der Waals surface area contributed by atoms with Crippen LogP contribution in [0.2, 0.25) is 0 Å². The van der Waals surface area contributed by atoms with Crippen LogP contribution in [-0.4, -0.2) is 54.2 Å². The van der Waals surface area contributed by atoms with Crippen LogP contribution in [0, 0.1) is 5.92 Å². The third kappa shape index (κ3) is 5.58. The number of aliphatic hydroxyl groups is 1. The van der Waals surface area contributed by atoms with E-state index >= 15 is 0 Å². The highest BCUT2D eigenvalue weighted by molar-refractivity contribution is 5.91. The Hall–Kier alpha value is -2.90. The number of ether oxygens (including phenoxy) is 2. The molecule has 1 aliphatic rings. The molecule has 160 valence electrons. The fourth-order valence-electron chi connectivity index (χ4n) is 3.47. The smallest absolute Gasteiger partial charge is 0.262 e. The van der Waals surface area contributed by atoms with Gasteiger partial charge < -0.3 is 24.8 Å². The first-order valence-corrected chi connectivity index (χ1v) is 10.1. The number of aliphatic hydroxyl groups excluding tert-OH is 1. The van der Waals surface area contributed by atoms with E-state index in [1.54, 1.807) is 29.2 Å². The van der Waals surface area contributed by atoms with Crippen molar-refractivity contribution in [3.05, 3.63) is 60.2 Å². The molecule has 1 heterocycles. The molecule has 2 unspecified atom stereocenters. The first-order chi connectivity index (χ1) is 14.5. The van der Waals surface area contributed by atoms with E-state index in [1.165, 1.54) is 0 Å². The van der Waals surface area contributed by atoms with Crippen LogP contribution in [0.5, 0.6) is 5.75 Å². The SMILES string of the molecule is CC(C)CN1C(=O)COC(c2ccc(NC(=O)COc3ccccc3)cc2)C1CO. The van der Waals surface area contributed by atoms with Crippen molar-refractivity contribution >= 4 is 17.5 Å². The summed E-state index contributed by atoms with van der Waals surface area (Å²) in [6.45, 7) is 4.35. The molecule has 2 aromatic carbocycles. The van der Waals surface area contributed by atoms with Crippen molar-refractivity contribution < 1.29 is 24.2 Å². The lowest BCUT2D eigenvalue weighted by Crippen LogP contribution is -2.53. The summed E-state index contributed by atoms with van der Waals surface area (Å²) in [5.74, 6) is 0.550. The highest BCUT2D eigenvalue weighted by Gasteiger charge is 2.37. The molecule has 0 aliphatic carbocycles. The molecule has 2 aromatic rings. The number of anilines is 1. The standard InChI is InChI=1S/C23H28N2O5/c1-16(2)12-25-20(13-26)23(30-15-22(25)28)17-8-10-18(11-9-17)24-21(27)14-29-19-6-4-3-5-7-19/h3-11,16,20,23,26H,12-15H2,1-2H3,(H,24,27). The largest absolute Gasteiger partial charge is 0.484 e. The minimum Gasteiger partial charge on any atom is -0.484 e. The third-order valence-corrected chi connectivity index (χ3v) is 4.84. The van der Waals surface area contributed by atoms with Crippen LogP contribution in [0.15, 0.2) is 54.6 Å². The molecule has 7 heteroatoms. The van der Waals surface area contributed by atoms with Crippen LogP contribution in [-0.2, 0) is 14.3 Å². The molecule has 1 aliphatic heterocycles. The highest BCUT2D eigenvalue weighted by Crippen LogP contribution is 2.30. The van der Waals surface area contributed by atoms with Gasteiger partial charge in [-0.3, -0.25) is 9.59 Å². The summed E-state index contributed by atoms with van der Waals surface area (Å²) < 4.78 is 11.2. The van der Waals surface area contributed by atoms with Gasteiger partial charge in [0, 0.05) is 12.2 Å². The molecular weight excluding hydrogens is 384 g/mol. The third-order valence-electron chi connectivity index (χ3n) is 4.84. The van der Waals surface area contributed by atoms with E-state index in [0.29, 0.717) is 18.0 Å². The molecule has 1 fully saturated rings. The van der Waals surface area contributed by atoms with Crippen molar-refractivity contribution in [3.63, 3.8) is 0 Å². The predicted octanol–water partition coefficient (Wildman–Crippen LogP) is 2.62. The summed E-state index contributed by atoms with van der Waals surface area (Å²) in [6.07, 6.45) is -0.419. The summed E-state index contributed by atoms with van der Waals surface area (Å²) in [5.41, 5.74) is 1.47. The molecule has 30 heavy (non-hydrogen) atoms. The molecular formula is C23H28N2O5. The molecule has 3 rings (SSSR count). The maximum atomic E-state index is 12.2. The van der Waals surface area contributed by atoms with E-state index in [4.69, 9.17) is 9.47 Å². The highest BCUT2D eigenvalue weighted by atomic mass is 16.5. The maximum absolute atomic E-state index is 12.2. The van der Waals surface area contributed by atoms with Gasteiger partial charge in [-0.1, -0.05) is 44.2 Å². The van der Waals surface area contributed by atoms with Crippen LogP contribution in [0.1, 0.15) is 25.5 Å². The Labute approximate surface area is 176 Å². The number of hydrogen-bond acceptors (Lipinski definition) is 5. The number of amides is 2. The number of hydrogen-bond donors (Lipinski definition) is 2. The number of benzene rings is 2. The topological polar surface area (TPSA) is 88.1 Å². The molecule has 2 amide bonds. The van der Waals surface area contributed by atoms with Gasteiger partial charge in [0.25, 0.3) is 5.91 Å². The van der Waals surface area contributed by atoms with Crippen molar-refractivity contribution in [2.24, 2.45) is 5.92 Å². The fourth-order valence-corrected chi connectivity index (χ4v) is 3.47. The van der Waals surface area contributed by atoms with Gasteiger partial charge in [-0.2, -0.15) is 0 Å². The second-order valence-corrected chi connectivity index (χ2v) is 7.69. The van der Waals surface area contributed by atoms with Gasteiger partial charge in [0.05, 0.1) is 12.6 Å². The van der Waals surface area contributed by atoms with Gasteiger partial charge in [0.15, 0.2) is 6.61 Å². The van der Waals surface area contributed by atoms with E-state index in [1.807, 2.05) is 44.2 Å². The van der Waals surface area contributed by atoms with Gasteiger partial charge in [-0.15, -0.1) is 0 Å². The number of para-hydroxylation sites is 1. The summed E-state index contributed by atoms with van der Waals surface area (Å²) in [5, 5.41) is 12.7. The summed E-state index contributed by atoms with van der Waals surface area (Å²) in [4.78, 5) is 26.1. The first kappa shape index (κ1) is 21.8. The van der Waals surface area contributed by atoms with Crippen LogP contribution in [0.3, 0.4) is 0 Å². The molecule has 1 saturated heterocycles. The normalized spacial score (nSPS) is 19.1. The molecule has 0 spiro atoms. The van der Waals surface area contributed by atoms with E-state index in [-0.39, 0.29) is 37.6 Å². The van der Waals surface area contributed by atoms with Gasteiger partial charge >= 0.3 is 0 Å². The van der Waals surface area contributed by atoms with Crippen molar-refractivity contribution in [2.75, 3.05) is 31.7 Å². The van der Waals surface area contributed by atoms with Crippen LogP contribution < -0.4 is 10.1 Å². The monoisotopic (exact) mass is 412 g/mol. The Kier molecular flexibility index (Phi) is 7.43. The lowest BCUT2D eigenvalue weighted by Gasteiger charge is -2.41. The van der Waals surface area contributed by atoms with Crippen LogP contribution in [0.25, 0.3) is 0 Å². The molecule has 7 nitrogen and oxygen atoms in total. The van der Waals surface area contributed by atoms with Gasteiger partial charge in [0.2, 0.25) is 5.91 Å². The maximum Gasteiger partial charge on any atom is 0.262 e. The fraction of sp³-hybridized carbons (Fsp3) is 0.391. The number of nitrogens with zero attached hydrogens (tertiary/aromatic N) is 1. The molecule has 0 bridgehead atoms. The molecule has 0 radical (unpaired) electrons. The first-order valence-electron chi connectivity index (χ1n) is 10.1. The quantitative estimate of drug-likeness (QED) is 0.696. The minimum atomic E-state index is -0.437. The molecule has 0 aromatic heterocycles. The van der Waals surface area contributed by atoms with E-state index in [9.17, 15) is 14.7 Å². The zero-order chi connectivity index (χ0) is 21.5. The predicted molar refractivity (Wildman–Crippen MR) is 113 cm³/mol. The Morgan fingerprint density at radius 2 is 1.90 bits per heavy atom. The molecule has 0 saturated carbocycles. The zero-order valence-corrected chi connectivity index (χ0v) is 17.3.